The van der Waals surface area contributed by atoms with Gasteiger partial charge in [-0.1, -0.05) is 35.9 Å². The normalized spacial score (nSPS) is 11.0. The maximum absolute atomic E-state index is 5.91. The number of furan rings is 1. The second-order valence-electron chi connectivity index (χ2n) is 4.47. The largest absolute Gasteiger partial charge is 0.464 e. The van der Waals surface area contributed by atoms with E-state index >= 15 is 0 Å². The third-order valence-electron chi connectivity index (χ3n) is 3.15. The van der Waals surface area contributed by atoms with Crippen LogP contribution in [0.1, 0.15) is 11.1 Å². The summed E-state index contributed by atoms with van der Waals surface area (Å²) in [4.78, 5) is 0. The van der Waals surface area contributed by atoms with Crippen molar-refractivity contribution in [2.75, 3.05) is 0 Å². The van der Waals surface area contributed by atoms with Crippen LogP contribution in [0.5, 0.6) is 0 Å². The third-order valence-corrected chi connectivity index (χ3v) is 3.44. The molecule has 0 unspecified atom stereocenters. The fourth-order valence-electron chi connectivity index (χ4n) is 2.19. The Hall–Kier alpha value is -1.73. The lowest BCUT2D eigenvalue weighted by atomic mass is 10.0. The number of fused-ring (bicyclic) bond motifs is 1. The van der Waals surface area contributed by atoms with Crippen LogP contribution < -0.4 is 0 Å². The Labute approximate surface area is 111 Å². The molecule has 1 aromatic heterocycles. The molecule has 0 atom stereocenters. The van der Waals surface area contributed by atoms with Gasteiger partial charge in [-0.2, -0.15) is 0 Å². The van der Waals surface area contributed by atoms with Gasteiger partial charge in [-0.05, 0) is 30.2 Å². The van der Waals surface area contributed by atoms with Crippen molar-refractivity contribution in [2.24, 2.45) is 0 Å². The number of rotatable bonds is 2. The van der Waals surface area contributed by atoms with Gasteiger partial charge in [0.2, 0.25) is 0 Å². The molecule has 0 amide bonds. The Morgan fingerprint density at radius 2 is 1.89 bits per heavy atom. The lowest BCUT2D eigenvalue weighted by molar-refractivity contribution is 0.612. The summed E-state index contributed by atoms with van der Waals surface area (Å²) in [6.45, 7) is 2.10. The van der Waals surface area contributed by atoms with Crippen molar-refractivity contribution in [3.05, 3.63) is 59.9 Å². The lowest BCUT2D eigenvalue weighted by Gasteiger charge is -2.03. The topological polar surface area (TPSA) is 13.1 Å². The van der Waals surface area contributed by atoms with Gasteiger partial charge in [-0.25, -0.2) is 0 Å². The summed E-state index contributed by atoms with van der Waals surface area (Å²) in [6.07, 6.45) is 1.73. The van der Waals surface area contributed by atoms with Crippen molar-refractivity contribution in [3.63, 3.8) is 0 Å². The zero-order chi connectivity index (χ0) is 12.5. The van der Waals surface area contributed by atoms with Crippen LogP contribution in [0.15, 0.2) is 53.1 Å². The van der Waals surface area contributed by atoms with Crippen molar-refractivity contribution < 1.29 is 4.42 Å². The minimum atomic E-state index is 0.476. The lowest BCUT2D eigenvalue weighted by Crippen LogP contribution is -1.80. The highest BCUT2D eigenvalue weighted by Gasteiger charge is 2.06. The Bertz CT molecular complexity index is 697. The fourth-order valence-corrected chi connectivity index (χ4v) is 2.40. The zero-order valence-corrected chi connectivity index (χ0v) is 10.9. The van der Waals surface area contributed by atoms with Crippen molar-refractivity contribution in [1.82, 2.24) is 0 Å². The van der Waals surface area contributed by atoms with Gasteiger partial charge in [0, 0.05) is 10.9 Å². The van der Waals surface area contributed by atoms with E-state index in [4.69, 9.17) is 16.0 Å². The first-order valence-corrected chi connectivity index (χ1v) is 6.44. The first-order chi connectivity index (χ1) is 8.78. The molecule has 0 saturated carbocycles. The van der Waals surface area contributed by atoms with Crippen LogP contribution in [0.25, 0.3) is 22.1 Å². The van der Waals surface area contributed by atoms with Crippen molar-refractivity contribution in [3.8, 4) is 11.1 Å². The molecule has 0 aliphatic carbocycles. The average molecular weight is 257 g/mol. The number of benzene rings is 2. The second-order valence-corrected chi connectivity index (χ2v) is 4.74. The highest BCUT2D eigenvalue weighted by atomic mass is 35.5. The highest BCUT2D eigenvalue weighted by molar-refractivity contribution is 6.18. The first-order valence-electron chi connectivity index (χ1n) is 5.91. The summed E-state index contributed by atoms with van der Waals surface area (Å²) in [6, 6.07) is 14.7. The van der Waals surface area contributed by atoms with Crippen molar-refractivity contribution in [2.45, 2.75) is 12.8 Å². The molecule has 0 bridgehead atoms. The molecule has 1 heterocycles. The van der Waals surface area contributed by atoms with E-state index in [-0.39, 0.29) is 0 Å². The van der Waals surface area contributed by atoms with E-state index in [0.717, 1.165) is 16.5 Å². The van der Waals surface area contributed by atoms with Crippen LogP contribution in [0.2, 0.25) is 0 Å². The van der Waals surface area contributed by atoms with Gasteiger partial charge in [-0.15, -0.1) is 11.6 Å². The SMILES string of the molecule is Cc1cccc(-c2ccc3occ(CCl)c3c2)c1. The average Bonchev–Trinajstić information content (AvgIpc) is 2.80. The monoisotopic (exact) mass is 256 g/mol. The molecule has 0 radical (unpaired) electrons. The Kier molecular flexibility index (Phi) is 2.85. The summed E-state index contributed by atoms with van der Waals surface area (Å²) >= 11 is 5.91. The molecule has 0 aliphatic rings. The molecule has 18 heavy (non-hydrogen) atoms. The molecule has 0 N–H and O–H groups in total. The van der Waals surface area contributed by atoms with Gasteiger partial charge in [0.05, 0.1) is 12.1 Å². The minimum absolute atomic E-state index is 0.476. The van der Waals surface area contributed by atoms with E-state index in [1.54, 1.807) is 6.26 Å². The summed E-state index contributed by atoms with van der Waals surface area (Å²) in [5, 5.41) is 1.10. The molecule has 3 rings (SSSR count). The smallest absolute Gasteiger partial charge is 0.134 e. The van der Waals surface area contributed by atoms with Crippen LogP contribution in [0.4, 0.5) is 0 Å². The van der Waals surface area contributed by atoms with Gasteiger partial charge in [0.15, 0.2) is 0 Å². The van der Waals surface area contributed by atoms with Gasteiger partial charge in [0.25, 0.3) is 0 Å². The predicted octanol–water partition coefficient (Wildman–Crippen LogP) is 5.15. The molecule has 0 fully saturated rings. The van der Waals surface area contributed by atoms with E-state index in [1.165, 1.54) is 16.7 Å². The first kappa shape index (κ1) is 11.4. The zero-order valence-electron chi connectivity index (χ0n) is 10.1. The number of hydrogen-bond acceptors (Lipinski definition) is 1. The number of aryl methyl sites for hydroxylation is 1. The summed E-state index contributed by atoms with van der Waals surface area (Å²) < 4.78 is 5.47. The third kappa shape index (κ3) is 1.91. The van der Waals surface area contributed by atoms with E-state index in [9.17, 15) is 0 Å². The molecule has 2 aromatic carbocycles. The van der Waals surface area contributed by atoms with Crippen LogP contribution in [-0.2, 0) is 5.88 Å². The predicted molar refractivity (Wildman–Crippen MR) is 75.9 cm³/mol. The standard InChI is InChI=1S/C16H13ClO/c1-11-3-2-4-12(7-11)13-5-6-16-15(8-13)14(9-17)10-18-16/h2-8,10H,9H2,1H3. The summed E-state index contributed by atoms with van der Waals surface area (Å²) in [5.74, 6) is 0.476. The van der Waals surface area contributed by atoms with Crippen LogP contribution >= 0.6 is 11.6 Å². The van der Waals surface area contributed by atoms with Gasteiger partial charge < -0.3 is 4.42 Å². The van der Waals surface area contributed by atoms with Crippen LogP contribution in [-0.4, -0.2) is 0 Å². The number of halogens is 1. The minimum Gasteiger partial charge on any atom is -0.464 e. The maximum Gasteiger partial charge on any atom is 0.134 e. The Morgan fingerprint density at radius 1 is 1.06 bits per heavy atom. The molecular weight excluding hydrogens is 244 g/mol. The van der Waals surface area contributed by atoms with Crippen LogP contribution in [0, 0.1) is 6.92 Å². The molecule has 2 heteroatoms. The van der Waals surface area contributed by atoms with Crippen LogP contribution in [0.3, 0.4) is 0 Å². The fraction of sp³-hybridized carbons (Fsp3) is 0.125. The number of hydrogen-bond donors (Lipinski definition) is 0. The summed E-state index contributed by atoms with van der Waals surface area (Å²) in [5.41, 5.74) is 5.61. The Balaban J connectivity index is 2.18. The molecule has 1 nitrogen and oxygen atoms in total. The van der Waals surface area contributed by atoms with E-state index in [0.29, 0.717) is 5.88 Å². The van der Waals surface area contributed by atoms with E-state index in [1.807, 2.05) is 6.07 Å². The molecular formula is C16H13ClO. The molecule has 3 aromatic rings. The van der Waals surface area contributed by atoms with Gasteiger partial charge in [0.1, 0.15) is 5.58 Å². The quantitative estimate of drug-likeness (QED) is 0.578. The maximum atomic E-state index is 5.91. The van der Waals surface area contributed by atoms with E-state index in [2.05, 4.69) is 43.3 Å². The van der Waals surface area contributed by atoms with E-state index < -0.39 is 0 Å². The Morgan fingerprint density at radius 3 is 2.67 bits per heavy atom. The molecule has 0 spiro atoms. The highest BCUT2D eigenvalue weighted by Crippen LogP contribution is 2.28. The van der Waals surface area contributed by atoms with Crippen molar-refractivity contribution in [1.29, 1.82) is 0 Å². The second kappa shape index (κ2) is 4.51. The van der Waals surface area contributed by atoms with Gasteiger partial charge >= 0.3 is 0 Å². The van der Waals surface area contributed by atoms with Gasteiger partial charge in [-0.3, -0.25) is 0 Å². The van der Waals surface area contributed by atoms with Crippen molar-refractivity contribution >= 4 is 22.6 Å². The molecule has 0 saturated heterocycles. The number of alkyl halides is 1. The molecule has 90 valence electrons. The summed E-state index contributed by atoms with van der Waals surface area (Å²) in [7, 11) is 0. The molecule has 0 aliphatic heterocycles.